The van der Waals surface area contributed by atoms with Crippen molar-refractivity contribution in [3.63, 3.8) is 0 Å². The summed E-state index contributed by atoms with van der Waals surface area (Å²) < 4.78 is 16.5. The third kappa shape index (κ3) is 9.55. The molecule has 2 aromatic rings. The van der Waals surface area contributed by atoms with Crippen molar-refractivity contribution in [2.75, 3.05) is 12.3 Å². The van der Waals surface area contributed by atoms with Gasteiger partial charge in [-0.05, 0) is 37.6 Å². The summed E-state index contributed by atoms with van der Waals surface area (Å²) in [5.74, 6) is -0.559. The summed E-state index contributed by atoms with van der Waals surface area (Å²) in [6, 6.07) is 6.96. The SMILES string of the molecule is C/C(=C(\CCOP(=O)(O)O)S/C(=C/c1ccc(Br)cc1)C(=O)O)N(C=O)Cc1cnc(C)nc1N. The number of anilines is 1. The van der Waals surface area contributed by atoms with E-state index in [-0.39, 0.29) is 23.7 Å². The van der Waals surface area contributed by atoms with Gasteiger partial charge in [0.25, 0.3) is 0 Å². The average molecular weight is 587 g/mol. The fourth-order valence-corrected chi connectivity index (χ4v) is 4.35. The highest BCUT2D eigenvalue weighted by Gasteiger charge is 2.20. The fourth-order valence-electron chi connectivity index (χ4n) is 2.75. The Kier molecular flexibility index (Phi) is 10.6. The number of aliphatic carboxylic acids is 1. The quantitative estimate of drug-likeness (QED) is 0.162. The number of nitrogen functional groups attached to an aromatic ring is 1. The molecule has 0 saturated heterocycles. The molecule has 0 aliphatic rings. The van der Waals surface area contributed by atoms with Crippen molar-refractivity contribution in [1.29, 1.82) is 0 Å². The molecule has 1 heterocycles. The lowest BCUT2D eigenvalue weighted by Gasteiger charge is -2.22. The highest BCUT2D eigenvalue weighted by molar-refractivity contribution is 9.10. The molecule has 0 aliphatic carbocycles. The number of hydrogen-bond acceptors (Lipinski definition) is 8. The number of phosphoric acid groups is 1. The highest BCUT2D eigenvalue weighted by Crippen LogP contribution is 2.38. The van der Waals surface area contributed by atoms with E-state index in [1.54, 1.807) is 38.1 Å². The van der Waals surface area contributed by atoms with Gasteiger partial charge in [-0.3, -0.25) is 9.32 Å². The van der Waals surface area contributed by atoms with Crippen LogP contribution < -0.4 is 5.73 Å². The molecule has 0 bridgehead atoms. The number of allylic oxidation sites excluding steroid dienone is 1. The first-order chi connectivity index (χ1) is 16.4. The van der Waals surface area contributed by atoms with E-state index in [2.05, 4.69) is 30.4 Å². The van der Waals surface area contributed by atoms with E-state index in [0.29, 0.717) is 34.0 Å². The molecule has 0 spiro atoms. The first-order valence-corrected chi connectivity index (χ1v) is 13.1. The van der Waals surface area contributed by atoms with Crippen LogP contribution in [-0.4, -0.2) is 48.7 Å². The van der Waals surface area contributed by atoms with Gasteiger partial charge in [0, 0.05) is 33.3 Å². The highest BCUT2D eigenvalue weighted by atomic mass is 79.9. The van der Waals surface area contributed by atoms with Crippen LogP contribution in [0.1, 0.15) is 30.3 Å². The van der Waals surface area contributed by atoms with Crippen molar-refractivity contribution in [3.05, 3.63) is 67.4 Å². The van der Waals surface area contributed by atoms with Crippen LogP contribution in [0.2, 0.25) is 0 Å². The molecule has 2 rings (SSSR count). The van der Waals surface area contributed by atoms with Gasteiger partial charge in [0.05, 0.1) is 18.1 Å². The molecule has 1 amide bonds. The van der Waals surface area contributed by atoms with E-state index >= 15 is 0 Å². The molecule has 1 aromatic carbocycles. The van der Waals surface area contributed by atoms with Crippen LogP contribution in [0, 0.1) is 6.92 Å². The standard InChI is InChI=1S/C21H24BrN4O7PS/c1-13(26(12-27)11-16-10-24-14(2)25-20(16)23)18(7-8-33-34(30,31)32)35-19(21(28)29)9-15-3-5-17(22)6-4-15/h3-6,9-10,12H,7-8,11H2,1-2H3,(H,28,29)(H2,23,24,25)(H2,30,31,32)/b18-13-,19-9+. The number of aromatic nitrogens is 2. The fraction of sp³-hybridized carbons (Fsp3) is 0.238. The minimum atomic E-state index is -4.75. The number of thioether (sulfide) groups is 1. The summed E-state index contributed by atoms with van der Waals surface area (Å²) in [5, 5.41) is 9.77. The smallest absolute Gasteiger partial charge is 0.469 e. The molecule has 1 aromatic heterocycles. The van der Waals surface area contributed by atoms with E-state index < -0.39 is 20.4 Å². The lowest BCUT2D eigenvalue weighted by molar-refractivity contribution is -0.131. The molecule has 0 atom stereocenters. The minimum Gasteiger partial charge on any atom is -0.477 e. The molecule has 0 radical (unpaired) electrons. The van der Waals surface area contributed by atoms with Gasteiger partial charge in [-0.2, -0.15) is 0 Å². The molecule has 11 nitrogen and oxygen atoms in total. The largest absolute Gasteiger partial charge is 0.477 e. The number of carbonyl (C=O) groups is 2. The van der Waals surface area contributed by atoms with Gasteiger partial charge in [-0.1, -0.05) is 39.8 Å². The van der Waals surface area contributed by atoms with Crippen LogP contribution in [0.3, 0.4) is 0 Å². The Morgan fingerprint density at radius 2 is 1.97 bits per heavy atom. The number of rotatable bonds is 12. The number of nitrogens with two attached hydrogens (primary N) is 1. The van der Waals surface area contributed by atoms with E-state index in [4.69, 9.17) is 15.5 Å². The molecule has 0 saturated carbocycles. The number of carbonyl (C=O) groups excluding carboxylic acids is 1. The minimum absolute atomic E-state index is 0.00366. The molecular formula is C21H24BrN4O7PS. The normalized spacial score (nSPS) is 12.8. The number of benzene rings is 1. The second-order valence-corrected chi connectivity index (χ2v) is 10.4. The Morgan fingerprint density at radius 1 is 1.31 bits per heavy atom. The van der Waals surface area contributed by atoms with Crippen LogP contribution >= 0.6 is 35.5 Å². The van der Waals surface area contributed by atoms with Gasteiger partial charge in [0.15, 0.2) is 0 Å². The van der Waals surface area contributed by atoms with Crippen molar-refractivity contribution in [2.24, 2.45) is 0 Å². The third-order valence-electron chi connectivity index (χ3n) is 4.52. The zero-order valence-electron chi connectivity index (χ0n) is 18.8. The van der Waals surface area contributed by atoms with E-state index in [9.17, 15) is 19.3 Å². The van der Waals surface area contributed by atoms with Crippen LogP contribution in [0.25, 0.3) is 6.08 Å². The molecule has 188 valence electrons. The van der Waals surface area contributed by atoms with Crippen molar-refractivity contribution in [2.45, 2.75) is 26.8 Å². The maximum atomic E-state index is 12.0. The van der Waals surface area contributed by atoms with Gasteiger partial charge < -0.3 is 25.5 Å². The Morgan fingerprint density at radius 3 is 2.51 bits per heavy atom. The first kappa shape index (κ1) is 28.7. The van der Waals surface area contributed by atoms with Crippen LogP contribution in [0.5, 0.6) is 0 Å². The number of hydrogen-bond donors (Lipinski definition) is 4. The third-order valence-corrected chi connectivity index (χ3v) is 6.83. The van der Waals surface area contributed by atoms with Gasteiger partial charge >= 0.3 is 13.8 Å². The lowest BCUT2D eigenvalue weighted by Crippen LogP contribution is -2.22. The summed E-state index contributed by atoms with van der Waals surface area (Å²) in [6.07, 6.45) is 3.41. The monoisotopic (exact) mass is 586 g/mol. The zero-order chi connectivity index (χ0) is 26.2. The van der Waals surface area contributed by atoms with Crippen molar-refractivity contribution < 1.29 is 33.6 Å². The molecule has 5 N–H and O–H groups in total. The lowest BCUT2D eigenvalue weighted by atomic mass is 10.2. The predicted octanol–water partition coefficient (Wildman–Crippen LogP) is 3.68. The number of carboxylic acid groups (broad SMARTS) is 1. The van der Waals surface area contributed by atoms with Crippen LogP contribution in [-0.2, 0) is 25.2 Å². The first-order valence-electron chi connectivity index (χ1n) is 9.97. The van der Waals surface area contributed by atoms with E-state index in [1.165, 1.54) is 17.2 Å². The van der Waals surface area contributed by atoms with Crippen molar-refractivity contribution >= 4 is 59.8 Å². The topological polar surface area (TPSA) is 176 Å². The Labute approximate surface area is 214 Å². The zero-order valence-corrected chi connectivity index (χ0v) is 22.1. The number of amides is 1. The summed E-state index contributed by atoms with van der Waals surface area (Å²) in [7, 11) is -4.75. The number of aryl methyl sites for hydroxylation is 1. The number of nitrogens with zero attached hydrogens (tertiary/aromatic N) is 3. The second kappa shape index (κ2) is 13.0. The summed E-state index contributed by atoms with van der Waals surface area (Å²) in [4.78, 5) is 51.7. The van der Waals surface area contributed by atoms with Gasteiger partial charge in [-0.25, -0.2) is 19.3 Å². The Bertz CT molecular complexity index is 1180. The second-order valence-electron chi connectivity index (χ2n) is 7.11. The maximum absolute atomic E-state index is 12.0. The summed E-state index contributed by atoms with van der Waals surface area (Å²) in [5.41, 5.74) is 7.38. The number of phosphoric ester groups is 1. The van der Waals surface area contributed by atoms with Gasteiger partial charge in [-0.15, -0.1) is 0 Å². The summed E-state index contributed by atoms with van der Waals surface area (Å²) in [6.45, 7) is 2.85. The molecule has 0 unspecified atom stereocenters. The van der Waals surface area contributed by atoms with Crippen molar-refractivity contribution in [3.8, 4) is 0 Å². The molecule has 0 aliphatic heterocycles. The van der Waals surface area contributed by atoms with Gasteiger partial charge in [0.1, 0.15) is 11.6 Å². The maximum Gasteiger partial charge on any atom is 0.469 e. The Hall–Kier alpha value is -2.54. The van der Waals surface area contributed by atoms with E-state index in [0.717, 1.165) is 16.2 Å². The molecule has 14 heteroatoms. The van der Waals surface area contributed by atoms with E-state index in [1.807, 2.05) is 0 Å². The number of carboxylic acids is 1. The molecular weight excluding hydrogens is 563 g/mol. The number of halogens is 1. The Balaban J connectivity index is 2.43. The van der Waals surface area contributed by atoms with Crippen LogP contribution in [0.15, 0.2) is 50.4 Å². The van der Waals surface area contributed by atoms with Crippen molar-refractivity contribution in [1.82, 2.24) is 14.9 Å². The van der Waals surface area contributed by atoms with Crippen LogP contribution in [0.4, 0.5) is 5.82 Å². The van der Waals surface area contributed by atoms with Gasteiger partial charge in [0.2, 0.25) is 6.41 Å². The summed E-state index contributed by atoms with van der Waals surface area (Å²) >= 11 is 4.17. The average Bonchev–Trinajstić information content (AvgIpc) is 2.77. The molecule has 35 heavy (non-hydrogen) atoms. The predicted molar refractivity (Wildman–Crippen MR) is 135 cm³/mol. The molecule has 0 fully saturated rings.